The third-order valence-electron chi connectivity index (χ3n) is 6.68. The molecule has 0 heterocycles. The van der Waals surface area contributed by atoms with Crippen LogP contribution in [0.3, 0.4) is 0 Å². The van der Waals surface area contributed by atoms with Crippen molar-refractivity contribution in [3.63, 3.8) is 0 Å². The summed E-state index contributed by atoms with van der Waals surface area (Å²) in [7, 11) is 0. The lowest BCUT2D eigenvalue weighted by Crippen LogP contribution is -2.07. The summed E-state index contributed by atoms with van der Waals surface area (Å²) >= 11 is 0. The molecule has 156 valence electrons. The van der Waals surface area contributed by atoms with E-state index in [2.05, 4.69) is 115 Å². The fourth-order valence-electron chi connectivity index (χ4n) is 5.23. The predicted molar refractivity (Wildman–Crippen MR) is 140 cm³/mol. The summed E-state index contributed by atoms with van der Waals surface area (Å²) in [4.78, 5) is 0. The summed E-state index contributed by atoms with van der Waals surface area (Å²) in [6.45, 7) is 0. The minimum absolute atomic E-state index is 0.0762. The monoisotopic (exact) mass is 421 g/mol. The van der Waals surface area contributed by atoms with Crippen LogP contribution in [-0.4, -0.2) is 6.21 Å². The van der Waals surface area contributed by atoms with E-state index < -0.39 is 0 Å². The van der Waals surface area contributed by atoms with E-state index in [0.717, 1.165) is 16.7 Å². The van der Waals surface area contributed by atoms with E-state index in [-0.39, 0.29) is 5.92 Å². The van der Waals surface area contributed by atoms with Gasteiger partial charge in [0.2, 0.25) is 0 Å². The van der Waals surface area contributed by atoms with Gasteiger partial charge in [-0.25, -0.2) is 0 Å². The van der Waals surface area contributed by atoms with Crippen LogP contribution in [-0.2, 0) is 0 Å². The standard InChI is InChI=1S/C32H23N/c33-21-30-29(20-25-16-7-9-17-26(25)31(30)23-13-5-2-6-14-23)32-27-18-10-8-15-24(27)19-28(32)22-11-3-1-4-12-22/h1-21,32-33H. The Morgan fingerprint density at radius 2 is 1.24 bits per heavy atom. The Hall–Kier alpha value is -4.23. The normalized spacial score (nSPS) is 14.7. The summed E-state index contributed by atoms with van der Waals surface area (Å²) in [6, 6.07) is 40.6. The Balaban J connectivity index is 1.69. The van der Waals surface area contributed by atoms with Gasteiger partial charge in [0.05, 0.1) is 0 Å². The summed E-state index contributed by atoms with van der Waals surface area (Å²) in [6.07, 6.45) is 3.87. The van der Waals surface area contributed by atoms with Crippen LogP contribution < -0.4 is 0 Å². The van der Waals surface area contributed by atoms with Crippen LogP contribution >= 0.6 is 0 Å². The van der Waals surface area contributed by atoms with E-state index in [1.54, 1.807) is 6.21 Å². The van der Waals surface area contributed by atoms with E-state index in [1.165, 1.54) is 38.6 Å². The Morgan fingerprint density at radius 1 is 0.606 bits per heavy atom. The van der Waals surface area contributed by atoms with Gasteiger partial charge in [-0.1, -0.05) is 109 Å². The van der Waals surface area contributed by atoms with Crippen LogP contribution in [0.1, 0.15) is 33.7 Å². The molecule has 0 spiro atoms. The maximum atomic E-state index is 8.52. The van der Waals surface area contributed by atoms with Crippen molar-refractivity contribution >= 4 is 28.6 Å². The molecule has 0 bridgehead atoms. The fraction of sp³-hybridized carbons (Fsp3) is 0.0312. The second-order valence-electron chi connectivity index (χ2n) is 8.51. The number of hydrogen-bond donors (Lipinski definition) is 1. The third-order valence-corrected chi connectivity index (χ3v) is 6.68. The highest BCUT2D eigenvalue weighted by Gasteiger charge is 2.30. The molecule has 1 atom stereocenters. The minimum Gasteiger partial charge on any atom is -0.308 e. The largest absolute Gasteiger partial charge is 0.308 e. The molecule has 0 aromatic heterocycles. The van der Waals surface area contributed by atoms with Crippen LogP contribution in [0.25, 0.3) is 33.5 Å². The van der Waals surface area contributed by atoms with Gasteiger partial charge < -0.3 is 5.41 Å². The first-order valence-electron chi connectivity index (χ1n) is 11.3. The van der Waals surface area contributed by atoms with Gasteiger partial charge >= 0.3 is 0 Å². The molecule has 0 aliphatic heterocycles. The van der Waals surface area contributed by atoms with E-state index in [1.807, 2.05) is 6.07 Å². The number of hydrogen-bond acceptors (Lipinski definition) is 1. The molecule has 5 aromatic carbocycles. The quantitative estimate of drug-likeness (QED) is 0.283. The lowest BCUT2D eigenvalue weighted by molar-refractivity contribution is 1.07. The van der Waals surface area contributed by atoms with Crippen molar-refractivity contribution in [2.24, 2.45) is 0 Å². The predicted octanol–water partition coefficient (Wildman–Crippen LogP) is 8.19. The van der Waals surface area contributed by atoms with Crippen LogP contribution in [0.4, 0.5) is 0 Å². The highest BCUT2D eigenvalue weighted by Crippen LogP contribution is 2.49. The molecule has 1 aliphatic rings. The molecule has 0 amide bonds. The highest BCUT2D eigenvalue weighted by atomic mass is 14.4. The van der Waals surface area contributed by atoms with Crippen LogP contribution in [0, 0.1) is 5.41 Å². The summed E-state index contributed by atoms with van der Waals surface area (Å²) in [5, 5.41) is 10.9. The molecule has 0 saturated heterocycles. The molecule has 1 aliphatic carbocycles. The van der Waals surface area contributed by atoms with Crippen LogP contribution in [0.2, 0.25) is 0 Å². The van der Waals surface area contributed by atoms with E-state index >= 15 is 0 Å². The zero-order chi connectivity index (χ0) is 22.2. The van der Waals surface area contributed by atoms with Crippen molar-refractivity contribution < 1.29 is 0 Å². The number of nitrogens with one attached hydrogen (secondary N) is 1. The van der Waals surface area contributed by atoms with E-state index in [9.17, 15) is 0 Å². The minimum atomic E-state index is 0.0762. The Morgan fingerprint density at radius 3 is 2.00 bits per heavy atom. The third kappa shape index (κ3) is 3.21. The lowest BCUT2D eigenvalue weighted by atomic mass is 9.79. The topological polar surface area (TPSA) is 23.9 Å². The first kappa shape index (κ1) is 19.5. The molecular formula is C32H23N. The molecule has 6 rings (SSSR count). The van der Waals surface area contributed by atoms with Gasteiger partial charge in [0.25, 0.3) is 0 Å². The number of allylic oxidation sites excluding steroid dienone is 1. The summed E-state index contributed by atoms with van der Waals surface area (Å²) < 4.78 is 0. The Labute approximate surface area is 194 Å². The van der Waals surface area contributed by atoms with Gasteiger partial charge in [-0.05, 0) is 61.9 Å². The van der Waals surface area contributed by atoms with Gasteiger partial charge in [-0.2, -0.15) is 0 Å². The van der Waals surface area contributed by atoms with Crippen LogP contribution in [0.5, 0.6) is 0 Å². The Bertz CT molecular complexity index is 1510. The molecular weight excluding hydrogens is 398 g/mol. The molecule has 1 unspecified atom stereocenters. The number of benzene rings is 5. The van der Waals surface area contributed by atoms with Gasteiger partial charge in [-0.15, -0.1) is 0 Å². The molecule has 0 saturated carbocycles. The maximum Gasteiger partial charge on any atom is 0.0359 e. The molecule has 0 radical (unpaired) electrons. The first-order valence-corrected chi connectivity index (χ1v) is 11.3. The molecule has 0 fully saturated rings. The summed E-state index contributed by atoms with van der Waals surface area (Å²) in [5.41, 5.74) is 9.52. The van der Waals surface area contributed by atoms with Gasteiger partial charge in [0, 0.05) is 17.7 Å². The van der Waals surface area contributed by atoms with Gasteiger partial charge in [-0.3, -0.25) is 0 Å². The molecule has 33 heavy (non-hydrogen) atoms. The first-order chi connectivity index (χ1) is 16.3. The van der Waals surface area contributed by atoms with Crippen molar-refractivity contribution in [3.05, 3.63) is 143 Å². The van der Waals surface area contributed by atoms with E-state index in [4.69, 9.17) is 5.41 Å². The maximum absolute atomic E-state index is 8.52. The number of rotatable bonds is 4. The van der Waals surface area contributed by atoms with Crippen molar-refractivity contribution in [2.45, 2.75) is 5.92 Å². The lowest BCUT2D eigenvalue weighted by Gasteiger charge is -2.23. The second-order valence-corrected chi connectivity index (χ2v) is 8.51. The highest BCUT2D eigenvalue weighted by molar-refractivity contribution is 6.08. The molecule has 1 heteroatoms. The van der Waals surface area contributed by atoms with Crippen LogP contribution in [0.15, 0.2) is 115 Å². The van der Waals surface area contributed by atoms with Gasteiger partial charge in [0.1, 0.15) is 0 Å². The molecule has 1 nitrogen and oxygen atoms in total. The smallest absolute Gasteiger partial charge is 0.0359 e. The summed E-state index contributed by atoms with van der Waals surface area (Å²) in [5.74, 6) is 0.0762. The fourth-order valence-corrected chi connectivity index (χ4v) is 5.23. The number of fused-ring (bicyclic) bond motifs is 2. The van der Waals surface area contributed by atoms with E-state index in [0.29, 0.717) is 0 Å². The second kappa shape index (κ2) is 8.03. The average molecular weight is 422 g/mol. The molecule has 5 aromatic rings. The van der Waals surface area contributed by atoms with Crippen molar-refractivity contribution in [3.8, 4) is 11.1 Å². The van der Waals surface area contributed by atoms with Crippen molar-refractivity contribution in [2.75, 3.05) is 0 Å². The van der Waals surface area contributed by atoms with Crippen molar-refractivity contribution in [1.82, 2.24) is 0 Å². The average Bonchev–Trinajstić information content (AvgIpc) is 3.28. The van der Waals surface area contributed by atoms with Gasteiger partial charge in [0.15, 0.2) is 0 Å². The Kier molecular flexibility index (Phi) is 4.74. The molecule has 1 N–H and O–H groups in total. The zero-order valence-corrected chi connectivity index (χ0v) is 18.2. The zero-order valence-electron chi connectivity index (χ0n) is 18.2. The van der Waals surface area contributed by atoms with Crippen molar-refractivity contribution in [1.29, 1.82) is 5.41 Å². The SMILES string of the molecule is N=Cc1c(C2C(c3ccccc3)=Cc3ccccc32)cc2ccccc2c1-c1ccccc1.